The maximum atomic E-state index is 2.45. The summed E-state index contributed by atoms with van der Waals surface area (Å²) in [5, 5.41) is 7.03. The molecule has 96 heavy (non-hydrogen) atoms. The van der Waals surface area contributed by atoms with Gasteiger partial charge in [0, 0.05) is 109 Å². The molecule has 0 unspecified atom stereocenters. The Morgan fingerprint density at radius 3 is 0.531 bits per heavy atom. The van der Waals surface area contributed by atoms with E-state index in [0.29, 0.717) is 0 Å². The number of benzene rings is 12. The SMILES string of the molecule is CCN(CC)c1ccc(/C=C/c2ccc(N(c3ccc(/C=C/c4ccc(N(CC)CC)cc4)cc3)c3cc4c5ccccc5c(N(c5ccc(/C=C/c6ccc(N(CC)CC)cc6)cc5)c5ccc(/C=C/c6ccc(N(CC)CC)cc6)cc5)cc4c4ccccc34)cc2)cc1. The van der Waals surface area contributed by atoms with Crippen molar-refractivity contribution < 1.29 is 0 Å². The summed E-state index contributed by atoms with van der Waals surface area (Å²) < 4.78 is 0. The van der Waals surface area contributed by atoms with Crippen molar-refractivity contribution in [3.8, 4) is 0 Å². The third-order valence-electron chi connectivity index (χ3n) is 18.9. The maximum Gasteiger partial charge on any atom is 0.0546 e. The van der Waals surface area contributed by atoms with Gasteiger partial charge in [0.25, 0.3) is 0 Å². The Balaban J connectivity index is 0.952. The number of hydrogen-bond acceptors (Lipinski definition) is 6. The topological polar surface area (TPSA) is 19.4 Å². The smallest absolute Gasteiger partial charge is 0.0546 e. The van der Waals surface area contributed by atoms with Gasteiger partial charge in [0.15, 0.2) is 0 Å². The van der Waals surface area contributed by atoms with Gasteiger partial charge in [0.05, 0.1) is 11.4 Å². The maximum absolute atomic E-state index is 2.45. The Bertz CT molecular complexity index is 4110. The summed E-state index contributed by atoms with van der Waals surface area (Å²) in [4.78, 5) is 14.4. The van der Waals surface area contributed by atoms with Crippen molar-refractivity contribution in [1.29, 1.82) is 0 Å². The summed E-state index contributed by atoms with van der Waals surface area (Å²) in [6.07, 6.45) is 17.7. The highest BCUT2D eigenvalue weighted by Gasteiger charge is 2.23. The molecule has 0 saturated heterocycles. The second-order valence-electron chi connectivity index (χ2n) is 24.4. The van der Waals surface area contributed by atoms with Crippen LogP contribution in [-0.4, -0.2) is 52.4 Å². The van der Waals surface area contributed by atoms with Crippen LogP contribution >= 0.6 is 0 Å². The molecule has 0 N–H and O–H groups in total. The Morgan fingerprint density at radius 1 is 0.188 bits per heavy atom. The molecular weight excluding hydrogens is 1170 g/mol. The second kappa shape index (κ2) is 31.0. The van der Waals surface area contributed by atoms with Crippen molar-refractivity contribution in [2.24, 2.45) is 0 Å². The highest BCUT2D eigenvalue weighted by Crippen LogP contribution is 2.48. The zero-order valence-electron chi connectivity index (χ0n) is 57.2. The summed E-state index contributed by atoms with van der Waals surface area (Å²) in [6.45, 7) is 25.6. The second-order valence-corrected chi connectivity index (χ2v) is 24.4. The van der Waals surface area contributed by atoms with E-state index in [4.69, 9.17) is 0 Å². The van der Waals surface area contributed by atoms with Crippen molar-refractivity contribution >= 4 is 138 Å². The summed E-state index contributed by atoms with van der Waals surface area (Å²) in [6, 6.07) is 94.5. The molecule has 0 bridgehead atoms. The number of nitrogens with zero attached hydrogens (tertiary/aromatic N) is 6. The fourth-order valence-electron chi connectivity index (χ4n) is 13.4. The fourth-order valence-corrected chi connectivity index (χ4v) is 13.4. The molecule has 0 heterocycles. The van der Waals surface area contributed by atoms with Crippen molar-refractivity contribution in [3.05, 3.63) is 299 Å². The van der Waals surface area contributed by atoms with E-state index in [-0.39, 0.29) is 0 Å². The van der Waals surface area contributed by atoms with Gasteiger partial charge in [-0.1, -0.05) is 194 Å². The molecule has 480 valence electrons. The first-order valence-corrected chi connectivity index (χ1v) is 34.7. The van der Waals surface area contributed by atoms with E-state index in [0.717, 1.165) is 120 Å². The van der Waals surface area contributed by atoms with E-state index in [1.165, 1.54) is 66.5 Å². The molecule has 0 spiro atoms. The fraction of sp³-hybridized carbons (Fsp3) is 0.178. The van der Waals surface area contributed by atoms with Crippen LogP contribution in [0.1, 0.15) is 99.9 Å². The third kappa shape index (κ3) is 14.7. The van der Waals surface area contributed by atoms with Crippen LogP contribution in [0, 0.1) is 0 Å². The molecule has 0 aliphatic rings. The van der Waals surface area contributed by atoms with Gasteiger partial charge in [-0.15, -0.1) is 0 Å². The van der Waals surface area contributed by atoms with Gasteiger partial charge < -0.3 is 29.4 Å². The monoisotopic (exact) mass is 1250 g/mol. The van der Waals surface area contributed by atoms with Crippen LogP contribution in [0.5, 0.6) is 0 Å². The molecule has 0 saturated carbocycles. The van der Waals surface area contributed by atoms with E-state index in [1.54, 1.807) is 0 Å². The minimum absolute atomic E-state index is 0.987. The predicted molar refractivity (Wildman–Crippen MR) is 424 cm³/mol. The van der Waals surface area contributed by atoms with E-state index in [9.17, 15) is 0 Å². The number of hydrogen-bond donors (Lipinski definition) is 0. The molecule has 6 heteroatoms. The summed E-state index contributed by atoms with van der Waals surface area (Å²) in [7, 11) is 0. The van der Waals surface area contributed by atoms with Gasteiger partial charge in [-0.25, -0.2) is 0 Å². The number of rotatable bonds is 26. The van der Waals surface area contributed by atoms with E-state index in [2.05, 4.69) is 388 Å². The van der Waals surface area contributed by atoms with Crippen LogP contribution in [0.25, 0.3) is 80.9 Å². The van der Waals surface area contributed by atoms with Gasteiger partial charge in [0.1, 0.15) is 0 Å². The molecule has 12 rings (SSSR count). The Kier molecular flexibility index (Phi) is 21.0. The highest BCUT2D eigenvalue weighted by molar-refractivity contribution is 6.24. The first-order chi connectivity index (χ1) is 47.2. The summed E-state index contributed by atoms with van der Waals surface area (Å²) >= 11 is 0. The lowest BCUT2D eigenvalue weighted by Crippen LogP contribution is -2.21. The van der Waals surface area contributed by atoms with E-state index < -0.39 is 0 Å². The average Bonchev–Trinajstić information content (AvgIpc) is 0.728. The Labute approximate surface area is 570 Å². The van der Waals surface area contributed by atoms with Crippen molar-refractivity contribution in [2.75, 3.05) is 81.8 Å². The van der Waals surface area contributed by atoms with Crippen molar-refractivity contribution in [2.45, 2.75) is 55.4 Å². The van der Waals surface area contributed by atoms with Crippen LogP contribution in [0.15, 0.2) is 255 Å². The third-order valence-corrected chi connectivity index (χ3v) is 18.9. The van der Waals surface area contributed by atoms with E-state index in [1.807, 2.05) is 0 Å². The van der Waals surface area contributed by atoms with Gasteiger partial charge in [-0.2, -0.15) is 0 Å². The van der Waals surface area contributed by atoms with Crippen LogP contribution in [0.4, 0.5) is 56.9 Å². The first-order valence-electron chi connectivity index (χ1n) is 34.7. The lowest BCUT2D eigenvalue weighted by atomic mass is 9.93. The largest absolute Gasteiger partial charge is 0.372 e. The molecule has 0 aromatic heterocycles. The standard InChI is InChI=1S/C90H90N6/c1-9-91(10-2)75-49-33-67(34-50-75)25-29-71-41-57-79(58-42-71)95(80-59-43-72(44-60-80)30-26-68-35-51-76(52-36-68)92(11-3)12-4)89-65-87-84-22-18-20-24-86(84)90(66-88(87)83-21-17-19-23-85(83)89)96(81-61-45-73(46-62-81)31-27-69-37-53-77(54-38-69)93(13-5)14-6)82-63-47-74(48-64-82)32-28-70-39-55-78(56-40-70)94(15-7)16-8/h17-66H,9-16H2,1-8H3/b29-25+,30-26+,31-27+,32-28+. The molecule has 0 atom stereocenters. The molecule has 12 aromatic rings. The molecule has 0 aliphatic carbocycles. The van der Waals surface area contributed by atoms with Crippen LogP contribution < -0.4 is 29.4 Å². The van der Waals surface area contributed by atoms with Crippen LogP contribution in [0.3, 0.4) is 0 Å². The van der Waals surface area contributed by atoms with Gasteiger partial charge in [-0.05, 0) is 231 Å². The van der Waals surface area contributed by atoms with Crippen LogP contribution in [0.2, 0.25) is 0 Å². The van der Waals surface area contributed by atoms with Gasteiger partial charge in [0.2, 0.25) is 0 Å². The minimum atomic E-state index is 0.987. The molecular formula is C90H90N6. The Morgan fingerprint density at radius 2 is 0.354 bits per heavy atom. The lowest BCUT2D eigenvalue weighted by Gasteiger charge is -2.30. The average molecular weight is 1260 g/mol. The van der Waals surface area contributed by atoms with Crippen LogP contribution in [-0.2, 0) is 0 Å². The molecule has 0 fully saturated rings. The van der Waals surface area contributed by atoms with Crippen molar-refractivity contribution in [1.82, 2.24) is 0 Å². The van der Waals surface area contributed by atoms with Gasteiger partial charge in [-0.3, -0.25) is 0 Å². The minimum Gasteiger partial charge on any atom is -0.372 e. The zero-order chi connectivity index (χ0) is 66.3. The van der Waals surface area contributed by atoms with E-state index >= 15 is 0 Å². The van der Waals surface area contributed by atoms with Crippen molar-refractivity contribution in [3.63, 3.8) is 0 Å². The molecule has 0 radical (unpaired) electrons. The summed E-state index contributed by atoms with van der Waals surface area (Å²) in [5.41, 5.74) is 20.7. The van der Waals surface area contributed by atoms with Gasteiger partial charge >= 0.3 is 0 Å². The molecule has 6 nitrogen and oxygen atoms in total. The zero-order valence-corrected chi connectivity index (χ0v) is 57.2. The summed E-state index contributed by atoms with van der Waals surface area (Å²) in [5.74, 6) is 0. The normalized spacial score (nSPS) is 11.7. The molecule has 0 aliphatic heterocycles. The predicted octanol–water partition coefficient (Wildman–Crippen LogP) is 24.2. The quantitative estimate of drug-likeness (QED) is 0.0395. The Hall–Kier alpha value is -10.8. The lowest BCUT2D eigenvalue weighted by molar-refractivity contribution is 0.866. The molecule has 0 amide bonds. The molecule has 12 aromatic carbocycles. The first kappa shape index (κ1) is 65.3. The number of anilines is 10. The number of fused-ring (bicyclic) bond motifs is 5. The highest BCUT2D eigenvalue weighted by atomic mass is 15.2.